The summed E-state index contributed by atoms with van der Waals surface area (Å²) >= 11 is 1.61. The van der Waals surface area contributed by atoms with Crippen LogP contribution in [0, 0.1) is 0 Å². The number of nitrogens with one attached hydrogen (secondary N) is 1. The largest absolute Gasteiger partial charge is 0.444 e. The molecule has 5 aromatic rings. The highest BCUT2D eigenvalue weighted by Gasteiger charge is 2.37. The number of rotatable bonds is 9. The Kier molecular flexibility index (Phi) is 9.53. The highest BCUT2D eigenvalue weighted by molar-refractivity contribution is 7.14. The molecule has 1 amide bonds. The van der Waals surface area contributed by atoms with E-state index in [1.807, 2.05) is 86.1 Å². The molecule has 1 saturated heterocycles. The molecule has 2 aromatic carbocycles. The first-order valence-corrected chi connectivity index (χ1v) is 16.8. The van der Waals surface area contributed by atoms with E-state index in [9.17, 15) is 9.90 Å². The molecule has 0 saturated carbocycles. The molecule has 0 bridgehead atoms. The number of nitrogens with zero attached hydrogens (tertiary/aromatic N) is 7. The zero-order valence-electron chi connectivity index (χ0n) is 27.5. The van der Waals surface area contributed by atoms with Gasteiger partial charge >= 0.3 is 6.09 Å². The van der Waals surface area contributed by atoms with Crippen LogP contribution >= 0.6 is 11.3 Å². The van der Waals surface area contributed by atoms with Crippen molar-refractivity contribution in [1.29, 1.82) is 0 Å². The molecule has 1 aliphatic heterocycles. The Balaban J connectivity index is 1.18. The van der Waals surface area contributed by atoms with Gasteiger partial charge in [-0.2, -0.15) is 5.10 Å². The monoisotopic (exact) mass is 654 g/mol. The van der Waals surface area contributed by atoms with Crippen LogP contribution in [0.15, 0.2) is 73.2 Å². The van der Waals surface area contributed by atoms with E-state index >= 15 is 0 Å². The molecule has 2 N–H and O–H groups in total. The number of fused-ring (bicyclic) bond motifs is 1. The maximum Gasteiger partial charge on any atom is 0.410 e. The van der Waals surface area contributed by atoms with Gasteiger partial charge in [-0.3, -0.25) is 9.80 Å². The van der Waals surface area contributed by atoms with Gasteiger partial charge in [0.05, 0.1) is 12.1 Å². The number of aliphatic hydroxyl groups is 1. The van der Waals surface area contributed by atoms with Gasteiger partial charge in [0.15, 0.2) is 5.82 Å². The summed E-state index contributed by atoms with van der Waals surface area (Å²) < 4.78 is 7.59. The minimum atomic E-state index is -0.748. The van der Waals surface area contributed by atoms with E-state index in [4.69, 9.17) is 4.74 Å². The molecule has 3 aromatic heterocycles. The summed E-state index contributed by atoms with van der Waals surface area (Å²) in [5, 5.41) is 30.0. The van der Waals surface area contributed by atoms with Crippen molar-refractivity contribution >= 4 is 34.5 Å². The first-order valence-electron chi connectivity index (χ1n) is 16.0. The molecule has 4 heterocycles. The maximum absolute atomic E-state index is 13.4. The number of anilines is 2. The van der Waals surface area contributed by atoms with E-state index in [1.54, 1.807) is 16.2 Å². The lowest BCUT2D eigenvalue weighted by Gasteiger charge is -2.42. The number of hydrogen-bond acceptors (Lipinski definition) is 10. The van der Waals surface area contributed by atoms with Gasteiger partial charge in [-0.15, -0.1) is 10.2 Å². The fourth-order valence-corrected chi connectivity index (χ4v) is 6.68. The zero-order chi connectivity index (χ0) is 33.1. The van der Waals surface area contributed by atoms with Crippen molar-refractivity contribution in [2.24, 2.45) is 0 Å². The predicted molar refractivity (Wildman–Crippen MR) is 184 cm³/mol. The van der Waals surface area contributed by atoms with Gasteiger partial charge in [0.2, 0.25) is 0 Å². The number of hydrogen-bond donors (Lipinski definition) is 2. The van der Waals surface area contributed by atoms with Crippen molar-refractivity contribution in [3.05, 3.63) is 89.3 Å². The smallest absolute Gasteiger partial charge is 0.410 e. The van der Waals surface area contributed by atoms with Gasteiger partial charge in [0, 0.05) is 49.5 Å². The number of aromatic nitrogens is 5. The van der Waals surface area contributed by atoms with E-state index in [2.05, 4.69) is 50.4 Å². The number of likely N-dealkylation sites (tertiary alicyclic amines) is 1. The van der Waals surface area contributed by atoms with Gasteiger partial charge in [-0.05, 0) is 56.5 Å². The molecule has 2 atom stereocenters. The van der Waals surface area contributed by atoms with Crippen LogP contribution in [-0.4, -0.2) is 76.6 Å². The van der Waals surface area contributed by atoms with E-state index < -0.39 is 17.8 Å². The van der Waals surface area contributed by atoms with Gasteiger partial charge in [0.25, 0.3) is 0 Å². The molecule has 0 unspecified atom stereocenters. The molecule has 6 rings (SSSR count). The van der Waals surface area contributed by atoms with E-state index in [0.717, 1.165) is 37.9 Å². The van der Waals surface area contributed by atoms with Crippen LogP contribution in [-0.2, 0) is 17.8 Å². The lowest BCUT2D eigenvalue weighted by atomic mass is 9.99. The van der Waals surface area contributed by atoms with Gasteiger partial charge in [0.1, 0.15) is 27.5 Å². The summed E-state index contributed by atoms with van der Waals surface area (Å²) in [6.45, 7) is 11.9. The summed E-state index contributed by atoms with van der Waals surface area (Å²) in [6.07, 6.45) is 2.91. The quantitative estimate of drug-likeness (QED) is 0.184. The number of piperidine rings is 1. The molecule has 11 nitrogen and oxygen atoms in total. The molecule has 246 valence electrons. The second-order valence-corrected chi connectivity index (χ2v) is 14.3. The molecular formula is C35H42N8O3S. The average Bonchev–Trinajstić information content (AvgIpc) is 3.69. The molecule has 47 heavy (non-hydrogen) atoms. The Labute approximate surface area is 279 Å². The van der Waals surface area contributed by atoms with Gasteiger partial charge in [-0.25, -0.2) is 14.3 Å². The van der Waals surface area contributed by atoms with Crippen molar-refractivity contribution in [1.82, 2.24) is 34.6 Å². The predicted octanol–water partition coefficient (Wildman–Crippen LogP) is 6.49. The zero-order valence-corrected chi connectivity index (χ0v) is 28.3. The Morgan fingerprint density at radius 2 is 1.94 bits per heavy atom. The summed E-state index contributed by atoms with van der Waals surface area (Å²) in [7, 11) is 0. The standard InChI is InChI=1S/C35H42N8O3S/c1-23(2)32-39-40-33(47-32)25-12-9-13-27(18-25)38-31-30-26(14-17-43(30)37-22-36-31)20-41-16-15-28(29(44)21-41)42(34(45)46-35(3,4)5)19-24-10-7-6-8-11-24/h6-14,17-18,22-23,28-29,44H,15-16,19-21H2,1-5H3,(H,36,37,38)/t28-,29-/m1/s1. The number of β-amino-alcohol motifs (C(OH)–C–C–N with tert-alkyl or cyclic N) is 1. The SMILES string of the molecule is CC(C)c1nnc(-c2cccc(Nc3ncnn4ccc(CN5CC[C@@H](N(Cc6ccccc6)C(=O)OC(C)(C)C)[C@H](O)C5)c34)c2)s1. The minimum absolute atomic E-state index is 0.328. The van der Waals surface area contributed by atoms with Crippen LogP contribution in [0.2, 0.25) is 0 Å². The lowest BCUT2D eigenvalue weighted by Crippen LogP contribution is -2.56. The molecule has 1 fully saturated rings. The molecule has 0 radical (unpaired) electrons. The van der Waals surface area contributed by atoms with E-state index in [0.29, 0.717) is 44.3 Å². The van der Waals surface area contributed by atoms with Gasteiger partial charge in [-0.1, -0.05) is 67.6 Å². The first-order chi connectivity index (χ1) is 22.5. The van der Waals surface area contributed by atoms with Crippen LogP contribution in [0.3, 0.4) is 0 Å². The summed E-state index contributed by atoms with van der Waals surface area (Å²) in [5.41, 5.74) is 4.12. The number of ether oxygens (including phenoxy) is 1. The number of aliphatic hydroxyl groups excluding tert-OH is 1. The number of carbonyl (C=O) groups excluding carboxylic acids is 1. The third kappa shape index (κ3) is 7.78. The highest BCUT2D eigenvalue weighted by Crippen LogP contribution is 2.31. The summed E-state index contributed by atoms with van der Waals surface area (Å²) in [4.78, 5) is 21.9. The molecule has 12 heteroatoms. The normalized spacial score (nSPS) is 17.3. The van der Waals surface area contributed by atoms with Crippen molar-refractivity contribution < 1.29 is 14.6 Å². The Morgan fingerprint density at radius 1 is 1.13 bits per heavy atom. The number of amides is 1. The topological polar surface area (TPSA) is 121 Å². The third-order valence-electron chi connectivity index (χ3n) is 8.09. The lowest BCUT2D eigenvalue weighted by molar-refractivity contribution is -0.0363. The Hall–Kier alpha value is -4.39. The second kappa shape index (κ2) is 13.8. The van der Waals surface area contributed by atoms with Crippen molar-refractivity contribution in [3.63, 3.8) is 0 Å². The first kappa shape index (κ1) is 32.5. The number of benzene rings is 2. The van der Waals surface area contributed by atoms with Crippen LogP contribution < -0.4 is 5.32 Å². The van der Waals surface area contributed by atoms with Crippen molar-refractivity contribution in [3.8, 4) is 10.6 Å². The number of carbonyl (C=O) groups is 1. The molecule has 1 aliphatic rings. The Morgan fingerprint density at radius 3 is 2.66 bits per heavy atom. The fourth-order valence-electron chi connectivity index (χ4n) is 5.84. The molecule has 0 aliphatic carbocycles. The maximum atomic E-state index is 13.4. The van der Waals surface area contributed by atoms with Crippen LogP contribution in [0.5, 0.6) is 0 Å². The van der Waals surface area contributed by atoms with Crippen LogP contribution in [0.4, 0.5) is 16.3 Å². The summed E-state index contributed by atoms with van der Waals surface area (Å²) in [5.74, 6) is 1.02. The fraction of sp³-hybridized carbons (Fsp3) is 0.400. The summed E-state index contributed by atoms with van der Waals surface area (Å²) in [6, 6.07) is 19.6. The minimum Gasteiger partial charge on any atom is -0.444 e. The van der Waals surface area contributed by atoms with Crippen molar-refractivity contribution in [2.75, 3.05) is 18.4 Å². The van der Waals surface area contributed by atoms with Crippen LogP contribution in [0.25, 0.3) is 16.1 Å². The van der Waals surface area contributed by atoms with Crippen LogP contribution in [0.1, 0.15) is 63.1 Å². The third-order valence-corrected chi connectivity index (χ3v) is 9.37. The van der Waals surface area contributed by atoms with Crippen molar-refractivity contribution in [2.45, 2.75) is 77.8 Å². The van der Waals surface area contributed by atoms with E-state index in [-0.39, 0.29) is 6.04 Å². The average molecular weight is 655 g/mol. The van der Waals surface area contributed by atoms with Gasteiger partial charge < -0.3 is 15.2 Å². The molecule has 0 spiro atoms. The van der Waals surface area contributed by atoms with E-state index in [1.165, 1.54) is 6.33 Å². The molecular weight excluding hydrogens is 613 g/mol. The Bertz CT molecular complexity index is 1820. The second-order valence-electron chi connectivity index (χ2n) is 13.3. The highest BCUT2D eigenvalue weighted by atomic mass is 32.1.